The molecule has 0 saturated carbocycles. The largest absolute Gasteiger partial charge is 0.497 e. The Hall–Kier alpha value is -2.24. The van der Waals surface area contributed by atoms with Crippen molar-refractivity contribution in [3.63, 3.8) is 0 Å². The minimum atomic E-state index is -1.08. The van der Waals surface area contributed by atoms with Gasteiger partial charge in [-0.2, -0.15) is 0 Å². The topological polar surface area (TPSA) is 78.9 Å². The molecule has 1 aromatic rings. The second-order valence-electron chi connectivity index (χ2n) is 5.05. The van der Waals surface area contributed by atoms with Crippen molar-refractivity contribution >= 4 is 17.7 Å². The number of hydrogen-bond donors (Lipinski definition) is 2. The van der Waals surface area contributed by atoms with Crippen LogP contribution in [0.4, 0.5) is 10.5 Å². The van der Waals surface area contributed by atoms with Crippen molar-refractivity contribution in [1.29, 1.82) is 0 Å². The molecule has 0 unspecified atom stereocenters. The molecular weight excluding hydrogens is 272 g/mol. The zero-order valence-electron chi connectivity index (χ0n) is 12.1. The molecule has 0 bridgehead atoms. The van der Waals surface area contributed by atoms with E-state index < -0.39 is 5.97 Å². The molecular formula is C15H20N2O4. The van der Waals surface area contributed by atoms with Crippen LogP contribution in [0.15, 0.2) is 18.2 Å². The number of likely N-dealkylation sites (tertiary alicyclic amines) is 1. The summed E-state index contributed by atoms with van der Waals surface area (Å²) < 4.78 is 5.08. The van der Waals surface area contributed by atoms with E-state index in [4.69, 9.17) is 4.74 Å². The van der Waals surface area contributed by atoms with Gasteiger partial charge in [-0.1, -0.05) is 12.8 Å². The first-order valence-corrected chi connectivity index (χ1v) is 7.09. The normalized spacial score (nSPS) is 15.2. The first kappa shape index (κ1) is 15.2. The van der Waals surface area contributed by atoms with E-state index >= 15 is 0 Å². The van der Waals surface area contributed by atoms with E-state index in [1.807, 2.05) is 0 Å². The van der Waals surface area contributed by atoms with E-state index in [-0.39, 0.29) is 17.3 Å². The van der Waals surface area contributed by atoms with E-state index in [1.54, 1.807) is 11.0 Å². The highest BCUT2D eigenvalue weighted by Crippen LogP contribution is 2.23. The predicted molar refractivity (Wildman–Crippen MR) is 79.0 cm³/mol. The molecule has 1 saturated heterocycles. The lowest BCUT2D eigenvalue weighted by Gasteiger charge is -2.21. The summed E-state index contributed by atoms with van der Waals surface area (Å²) in [7, 11) is 1.50. The molecule has 6 heteroatoms. The number of carboxylic acid groups (broad SMARTS) is 1. The van der Waals surface area contributed by atoms with Crippen LogP contribution in [0.1, 0.15) is 36.0 Å². The third kappa shape index (κ3) is 3.87. The third-order valence-corrected chi connectivity index (χ3v) is 3.59. The van der Waals surface area contributed by atoms with Gasteiger partial charge in [0, 0.05) is 19.2 Å². The molecule has 1 aliphatic heterocycles. The molecule has 2 amide bonds. The van der Waals surface area contributed by atoms with E-state index in [0.29, 0.717) is 18.8 Å². The number of rotatable bonds is 3. The summed E-state index contributed by atoms with van der Waals surface area (Å²) in [4.78, 5) is 25.2. The fraction of sp³-hybridized carbons (Fsp3) is 0.467. The van der Waals surface area contributed by atoms with Gasteiger partial charge in [0.05, 0.1) is 18.4 Å². The van der Waals surface area contributed by atoms with Crippen LogP contribution >= 0.6 is 0 Å². The predicted octanol–water partition coefficient (Wildman–Crippen LogP) is 2.80. The van der Waals surface area contributed by atoms with Crippen molar-refractivity contribution in [3.8, 4) is 5.75 Å². The van der Waals surface area contributed by atoms with E-state index in [9.17, 15) is 14.7 Å². The second-order valence-corrected chi connectivity index (χ2v) is 5.05. The highest BCUT2D eigenvalue weighted by atomic mass is 16.5. The van der Waals surface area contributed by atoms with Gasteiger partial charge in [0.15, 0.2) is 0 Å². The van der Waals surface area contributed by atoms with Gasteiger partial charge >= 0.3 is 12.0 Å². The van der Waals surface area contributed by atoms with Crippen molar-refractivity contribution in [3.05, 3.63) is 23.8 Å². The maximum absolute atomic E-state index is 12.3. The summed E-state index contributed by atoms with van der Waals surface area (Å²) in [5.74, 6) is -0.574. The first-order valence-electron chi connectivity index (χ1n) is 7.09. The van der Waals surface area contributed by atoms with Crippen molar-refractivity contribution in [2.75, 3.05) is 25.5 Å². The van der Waals surface area contributed by atoms with Crippen LogP contribution in [0.2, 0.25) is 0 Å². The molecule has 1 aromatic carbocycles. The molecule has 1 heterocycles. The lowest BCUT2D eigenvalue weighted by molar-refractivity contribution is 0.0698. The van der Waals surface area contributed by atoms with Crippen LogP contribution in [0.25, 0.3) is 0 Å². The highest BCUT2D eigenvalue weighted by molar-refractivity contribution is 6.00. The fourth-order valence-electron chi connectivity index (χ4n) is 2.41. The number of hydrogen-bond acceptors (Lipinski definition) is 3. The van der Waals surface area contributed by atoms with Gasteiger partial charge in [0.2, 0.25) is 0 Å². The molecule has 0 atom stereocenters. The average molecular weight is 292 g/mol. The zero-order valence-corrected chi connectivity index (χ0v) is 12.1. The minimum absolute atomic E-state index is 0.0546. The third-order valence-electron chi connectivity index (χ3n) is 3.59. The number of carbonyl (C=O) groups is 2. The van der Waals surface area contributed by atoms with Gasteiger partial charge in [-0.05, 0) is 25.0 Å². The monoisotopic (exact) mass is 292 g/mol. The SMILES string of the molecule is COc1ccc(C(=O)O)c(NC(=O)N2CCCCCC2)c1. The number of aromatic carboxylic acids is 1. The highest BCUT2D eigenvalue weighted by Gasteiger charge is 2.18. The molecule has 1 aliphatic rings. The molecule has 2 rings (SSSR count). The standard InChI is InChI=1S/C15H20N2O4/c1-21-11-6-7-12(14(18)19)13(10-11)16-15(20)17-8-4-2-3-5-9-17/h6-7,10H,2-5,8-9H2,1H3,(H,16,20)(H,18,19). The first-order chi connectivity index (χ1) is 10.1. The summed E-state index contributed by atoms with van der Waals surface area (Å²) in [6, 6.07) is 4.26. The molecule has 0 radical (unpaired) electrons. The Morgan fingerprint density at radius 1 is 1.19 bits per heavy atom. The maximum Gasteiger partial charge on any atom is 0.337 e. The van der Waals surface area contributed by atoms with E-state index in [0.717, 1.165) is 25.7 Å². The number of ether oxygens (including phenoxy) is 1. The van der Waals surface area contributed by atoms with Gasteiger partial charge < -0.3 is 20.1 Å². The summed E-state index contributed by atoms with van der Waals surface area (Å²) in [6.07, 6.45) is 4.22. The van der Waals surface area contributed by atoms with Gasteiger partial charge in [-0.25, -0.2) is 9.59 Å². The number of nitrogens with one attached hydrogen (secondary N) is 1. The lowest BCUT2D eigenvalue weighted by Crippen LogP contribution is -2.36. The summed E-state index contributed by atoms with van der Waals surface area (Å²) >= 11 is 0. The number of methoxy groups -OCH3 is 1. The number of carboxylic acids is 1. The fourth-order valence-corrected chi connectivity index (χ4v) is 2.41. The Kier molecular flexibility index (Phi) is 5.03. The number of anilines is 1. The number of benzene rings is 1. The summed E-state index contributed by atoms with van der Waals surface area (Å²) in [5, 5.41) is 11.9. The lowest BCUT2D eigenvalue weighted by atomic mass is 10.1. The minimum Gasteiger partial charge on any atom is -0.497 e. The number of amides is 2. The average Bonchev–Trinajstić information content (AvgIpc) is 2.76. The molecule has 0 aliphatic carbocycles. The van der Waals surface area contributed by atoms with Crippen molar-refractivity contribution in [2.45, 2.75) is 25.7 Å². The van der Waals surface area contributed by atoms with Crippen LogP contribution in [0.5, 0.6) is 5.75 Å². The number of carbonyl (C=O) groups excluding carboxylic acids is 1. The van der Waals surface area contributed by atoms with Crippen LogP contribution in [-0.4, -0.2) is 42.2 Å². The Bertz CT molecular complexity index is 522. The molecule has 0 spiro atoms. The Balaban J connectivity index is 2.16. The van der Waals surface area contributed by atoms with Crippen LogP contribution in [0.3, 0.4) is 0 Å². The Morgan fingerprint density at radius 3 is 2.43 bits per heavy atom. The van der Waals surface area contributed by atoms with E-state index in [2.05, 4.69) is 5.32 Å². The molecule has 1 fully saturated rings. The quantitative estimate of drug-likeness (QED) is 0.898. The maximum atomic E-state index is 12.3. The Labute approximate surface area is 123 Å². The smallest absolute Gasteiger partial charge is 0.337 e. The van der Waals surface area contributed by atoms with Crippen molar-refractivity contribution < 1.29 is 19.4 Å². The molecule has 0 aromatic heterocycles. The Morgan fingerprint density at radius 2 is 1.86 bits per heavy atom. The van der Waals surface area contributed by atoms with Crippen molar-refractivity contribution in [2.24, 2.45) is 0 Å². The van der Waals surface area contributed by atoms with Gasteiger partial charge in [-0.15, -0.1) is 0 Å². The van der Waals surface area contributed by atoms with Crippen molar-refractivity contribution in [1.82, 2.24) is 4.90 Å². The van der Waals surface area contributed by atoms with Gasteiger partial charge in [0.1, 0.15) is 5.75 Å². The summed E-state index contributed by atoms with van der Waals surface area (Å²) in [5.41, 5.74) is 0.315. The molecule has 6 nitrogen and oxygen atoms in total. The second kappa shape index (κ2) is 6.97. The van der Waals surface area contributed by atoms with Gasteiger partial charge in [0.25, 0.3) is 0 Å². The van der Waals surface area contributed by atoms with Crippen LogP contribution in [-0.2, 0) is 0 Å². The van der Waals surface area contributed by atoms with Crippen LogP contribution in [0, 0.1) is 0 Å². The molecule has 114 valence electrons. The molecule has 21 heavy (non-hydrogen) atoms. The summed E-state index contributed by atoms with van der Waals surface area (Å²) in [6.45, 7) is 1.41. The number of urea groups is 1. The molecule has 2 N–H and O–H groups in total. The van der Waals surface area contributed by atoms with Gasteiger partial charge in [-0.3, -0.25) is 0 Å². The van der Waals surface area contributed by atoms with Crippen LogP contribution < -0.4 is 10.1 Å². The number of nitrogens with zero attached hydrogens (tertiary/aromatic N) is 1. The zero-order chi connectivity index (χ0) is 15.2. The van der Waals surface area contributed by atoms with E-state index in [1.165, 1.54) is 19.2 Å².